The van der Waals surface area contributed by atoms with Crippen LogP contribution in [0.1, 0.15) is 52.5 Å². The van der Waals surface area contributed by atoms with Gasteiger partial charge in [0.1, 0.15) is 0 Å². The molecule has 0 aliphatic heterocycles. The van der Waals surface area contributed by atoms with Crippen molar-refractivity contribution in [2.45, 2.75) is 47.0 Å². The lowest BCUT2D eigenvalue weighted by Crippen LogP contribution is -2.04. The van der Waals surface area contributed by atoms with Gasteiger partial charge in [0.25, 0.3) is 0 Å². The highest BCUT2D eigenvalue weighted by molar-refractivity contribution is 6.22. The number of hydrogen-bond acceptors (Lipinski definition) is 0. The first-order chi connectivity index (χ1) is 32.2. The molecule has 0 N–H and O–H groups in total. The predicted molar refractivity (Wildman–Crippen MR) is 287 cm³/mol. The molecular formula is C65H56. The first kappa shape index (κ1) is 42.7. The molecule has 11 rings (SSSR count). The number of benzene rings is 10. The molecule has 0 heterocycles. The third-order valence-electron chi connectivity index (χ3n) is 12.8. The Morgan fingerprint density at radius 2 is 0.800 bits per heavy atom. The number of allylic oxidation sites excluding steroid dienone is 7. The summed E-state index contributed by atoms with van der Waals surface area (Å²) in [6.07, 6.45) is 12.1. The Morgan fingerprint density at radius 1 is 0.400 bits per heavy atom. The summed E-state index contributed by atoms with van der Waals surface area (Å²) in [5.74, 6) is 0.252. The summed E-state index contributed by atoms with van der Waals surface area (Å²) in [6, 6.07) is 69.8. The third kappa shape index (κ3) is 7.81. The van der Waals surface area contributed by atoms with E-state index >= 15 is 0 Å². The van der Waals surface area contributed by atoms with E-state index in [0.717, 1.165) is 6.42 Å². The van der Waals surface area contributed by atoms with Gasteiger partial charge in [0.05, 0.1) is 0 Å². The van der Waals surface area contributed by atoms with Gasteiger partial charge in [-0.1, -0.05) is 235 Å². The molecule has 0 saturated carbocycles. The van der Waals surface area contributed by atoms with Crippen molar-refractivity contribution in [1.82, 2.24) is 0 Å². The minimum absolute atomic E-state index is 0.252. The van der Waals surface area contributed by atoms with E-state index in [4.69, 9.17) is 0 Å². The third-order valence-corrected chi connectivity index (χ3v) is 12.8. The molecule has 0 amide bonds. The van der Waals surface area contributed by atoms with E-state index in [0.29, 0.717) is 0 Å². The van der Waals surface area contributed by atoms with Crippen molar-refractivity contribution >= 4 is 53.9 Å². The number of rotatable bonds is 7. The highest BCUT2D eigenvalue weighted by Gasteiger charge is 2.23. The quantitative estimate of drug-likeness (QED) is 0.140. The average molecular weight is 837 g/mol. The standard InChI is InChI=1S/C61H44.2C2H6/c1-3-17-42-36-48(34-32-40(42)4-2)60-54-28-11-7-24-50(54)58(51-25-8-12-29-55(51)60)46-22-15-20-44(38-46)45-21-16-23-47(39-45)59-52-26-9-13-30-56(52)61(57-31-14-10-27-53(57)59)49-35-33-41-18-5-6-19-43(41)37-49;2*1-2/h3-33,35-39,48H,2,34H2,1H3;2*1-2H3/b17-3-;;. The summed E-state index contributed by atoms with van der Waals surface area (Å²) >= 11 is 0. The number of hydrogen-bond donors (Lipinski definition) is 0. The SMILES string of the molecule is C=CC1=CCC(c2c3ccccc3c(-c3cccc(-c4cccc(-c5c6ccccc6c(-c6ccc7ccccc7c6)c6ccccc56)c4)c3)c3ccccc23)C=C1/C=C\C.CC.CC. The molecule has 0 saturated heterocycles. The van der Waals surface area contributed by atoms with Crippen LogP contribution in [0.15, 0.2) is 236 Å². The fourth-order valence-corrected chi connectivity index (χ4v) is 10.2. The Labute approximate surface area is 385 Å². The van der Waals surface area contributed by atoms with Crippen LogP contribution in [0.4, 0.5) is 0 Å². The molecule has 0 heteroatoms. The van der Waals surface area contributed by atoms with Crippen molar-refractivity contribution < 1.29 is 0 Å². The van der Waals surface area contributed by atoms with Crippen LogP contribution in [0.3, 0.4) is 0 Å². The van der Waals surface area contributed by atoms with Crippen LogP contribution in [-0.4, -0.2) is 0 Å². The van der Waals surface area contributed by atoms with Gasteiger partial charge in [-0.25, -0.2) is 0 Å². The Hall–Kier alpha value is -7.54. The lowest BCUT2D eigenvalue weighted by atomic mass is 9.79. The molecular weight excluding hydrogens is 781 g/mol. The minimum Gasteiger partial charge on any atom is -0.0985 e. The second kappa shape index (κ2) is 19.1. The fraction of sp³-hybridized carbons (Fsp3) is 0.108. The molecule has 0 aromatic heterocycles. The lowest BCUT2D eigenvalue weighted by molar-refractivity contribution is 0.856. The summed E-state index contributed by atoms with van der Waals surface area (Å²) in [4.78, 5) is 0. The molecule has 0 nitrogen and oxygen atoms in total. The van der Waals surface area contributed by atoms with Gasteiger partial charge in [-0.05, 0) is 147 Å². The molecule has 0 fully saturated rings. The minimum atomic E-state index is 0.252. The molecule has 0 radical (unpaired) electrons. The smallest absolute Gasteiger partial charge is 0.00743 e. The molecule has 316 valence electrons. The highest BCUT2D eigenvalue weighted by atomic mass is 14.3. The predicted octanol–water partition coefficient (Wildman–Crippen LogP) is 19.3. The van der Waals surface area contributed by atoms with E-state index in [1.807, 2.05) is 33.8 Å². The van der Waals surface area contributed by atoms with E-state index in [2.05, 4.69) is 226 Å². The molecule has 0 bridgehead atoms. The van der Waals surface area contributed by atoms with Gasteiger partial charge in [-0.3, -0.25) is 0 Å². The highest BCUT2D eigenvalue weighted by Crippen LogP contribution is 2.47. The van der Waals surface area contributed by atoms with Gasteiger partial charge in [-0.2, -0.15) is 0 Å². The van der Waals surface area contributed by atoms with E-state index in [9.17, 15) is 0 Å². The van der Waals surface area contributed by atoms with Gasteiger partial charge in [-0.15, -0.1) is 0 Å². The molecule has 65 heavy (non-hydrogen) atoms. The van der Waals surface area contributed by atoms with Crippen LogP contribution in [0.2, 0.25) is 0 Å². The summed E-state index contributed by atoms with van der Waals surface area (Å²) in [6.45, 7) is 14.2. The molecule has 1 atom stereocenters. The van der Waals surface area contributed by atoms with Crippen LogP contribution in [-0.2, 0) is 0 Å². The van der Waals surface area contributed by atoms with Crippen molar-refractivity contribution in [3.05, 3.63) is 242 Å². The molecule has 1 aliphatic carbocycles. The zero-order chi connectivity index (χ0) is 44.9. The number of fused-ring (bicyclic) bond motifs is 5. The second-order valence-corrected chi connectivity index (χ2v) is 16.3. The second-order valence-electron chi connectivity index (χ2n) is 16.3. The average Bonchev–Trinajstić information content (AvgIpc) is 3.38. The lowest BCUT2D eigenvalue weighted by Gasteiger charge is -2.25. The van der Waals surface area contributed by atoms with Crippen molar-refractivity contribution in [1.29, 1.82) is 0 Å². The van der Waals surface area contributed by atoms with Crippen molar-refractivity contribution in [2.75, 3.05) is 0 Å². The Morgan fingerprint density at radius 3 is 1.26 bits per heavy atom. The normalized spacial score (nSPS) is 13.6. The Kier molecular flexibility index (Phi) is 12.5. The van der Waals surface area contributed by atoms with Crippen LogP contribution in [0.5, 0.6) is 0 Å². The van der Waals surface area contributed by atoms with Crippen LogP contribution < -0.4 is 0 Å². The molecule has 1 unspecified atom stereocenters. The molecule has 1 aliphatic rings. The fourth-order valence-electron chi connectivity index (χ4n) is 10.2. The topological polar surface area (TPSA) is 0 Å². The first-order valence-electron chi connectivity index (χ1n) is 23.4. The summed E-state index contributed by atoms with van der Waals surface area (Å²) in [5.41, 5.74) is 13.8. The van der Waals surface area contributed by atoms with Gasteiger partial charge in [0.2, 0.25) is 0 Å². The van der Waals surface area contributed by atoms with E-state index in [1.54, 1.807) is 0 Å². The van der Waals surface area contributed by atoms with Gasteiger partial charge >= 0.3 is 0 Å². The van der Waals surface area contributed by atoms with E-state index in [1.165, 1.54) is 115 Å². The summed E-state index contributed by atoms with van der Waals surface area (Å²) in [5, 5.41) is 12.7. The Balaban J connectivity index is 0.00000130. The molecule has 10 aromatic carbocycles. The monoisotopic (exact) mass is 836 g/mol. The maximum atomic E-state index is 4.11. The maximum absolute atomic E-state index is 4.11. The zero-order valence-corrected chi connectivity index (χ0v) is 38.3. The Bertz CT molecular complexity index is 3360. The summed E-state index contributed by atoms with van der Waals surface area (Å²) < 4.78 is 0. The zero-order valence-electron chi connectivity index (χ0n) is 38.3. The van der Waals surface area contributed by atoms with E-state index < -0.39 is 0 Å². The first-order valence-corrected chi connectivity index (χ1v) is 23.4. The van der Waals surface area contributed by atoms with Gasteiger partial charge in [0.15, 0.2) is 0 Å². The van der Waals surface area contributed by atoms with Crippen LogP contribution in [0, 0.1) is 0 Å². The van der Waals surface area contributed by atoms with Crippen molar-refractivity contribution in [3.8, 4) is 44.5 Å². The molecule has 10 aromatic rings. The molecule has 0 spiro atoms. The van der Waals surface area contributed by atoms with Crippen LogP contribution >= 0.6 is 0 Å². The van der Waals surface area contributed by atoms with Crippen molar-refractivity contribution in [3.63, 3.8) is 0 Å². The van der Waals surface area contributed by atoms with Crippen LogP contribution in [0.25, 0.3) is 98.4 Å². The maximum Gasteiger partial charge on any atom is 0.00743 e. The van der Waals surface area contributed by atoms with Crippen molar-refractivity contribution in [2.24, 2.45) is 0 Å². The van der Waals surface area contributed by atoms with Gasteiger partial charge < -0.3 is 0 Å². The van der Waals surface area contributed by atoms with E-state index in [-0.39, 0.29) is 5.92 Å². The largest absolute Gasteiger partial charge is 0.0985 e. The van der Waals surface area contributed by atoms with Gasteiger partial charge in [0, 0.05) is 5.92 Å². The summed E-state index contributed by atoms with van der Waals surface area (Å²) in [7, 11) is 0.